The van der Waals surface area contributed by atoms with Crippen LogP contribution in [0.5, 0.6) is 5.75 Å². The highest BCUT2D eigenvalue weighted by molar-refractivity contribution is 7.99. The lowest BCUT2D eigenvalue weighted by Gasteiger charge is -2.30. The Hall–Kier alpha value is -2.32. The summed E-state index contributed by atoms with van der Waals surface area (Å²) in [5.41, 5.74) is 0.695. The number of ether oxygens (including phenoxy) is 1. The summed E-state index contributed by atoms with van der Waals surface area (Å²) in [4.78, 5) is 13.9. The Labute approximate surface area is 203 Å². The van der Waals surface area contributed by atoms with Gasteiger partial charge in [-0.25, -0.2) is 0 Å². The topological polar surface area (TPSA) is 69.0 Å². The SMILES string of the molecule is CCOc1ccccc1NC(=O)CSc1nnc(-c2cccs2)n1C(C)C1CC2CCC1C2. The Morgan fingerprint density at radius 2 is 2.12 bits per heavy atom. The van der Waals surface area contributed by atoms with E-state index in [4.69, 9.17) is 4.74 Å². The van der Waals surface area contributed by atoms with Crippen LogP contribution in [0.1, 0.15) is 45.6 Å². The molecule has 2 saturated carbocycles. The van der Waals surface area contributed by atoms with E-state index in [1.807, 2.05) is 31.2 Å². The molecule has 1 N–H and O–H groups in total. The number of benzene rings is 1. The van der Waals surface area contributed by atoms with E-state index in [0.717, 1.165) is 27.7 Å². The van der Waals surface area contributed by atoms with E-state index in [1.165, 1.54) is 37.4 Å². The number of anilines is 1. The van der Waals surface area contributed by atoms with Crippen molar-refractivity contribution in [3.63, 3.8) is 0 Å². The van der Waals surface area contributed by atoms with E-state index in [2.05, 4.69) is 44.5 Å². The summed E-state index contributed by atoms with van der Waals surface area (Å²) < 4.78 is 7.93. The van der Waals surface area contributed by atoms with Crippen LogP contribution >= 0.6 is 23.1 Å². The van der Waals surface area contributed by atoms with E-state index in [0.29, 0.717) is 30.0 Å². The maximum atomic E-state index is 12.8. The second-order valence-electron chi connectivity index (χ2n) is 9.00. The van der Waals surface area contributed by atoms with Gasteiger partial charge in [-0.3, -0.25) is 9.36 Å². The third-order valence-electron chi connectivity index (χ3n) is 7.02. The fourth-order valence-corrected chi connectivity index (χ4v) is 7.09. The highest BCUT2D eigenvalue weighted by Crippen LogP contribution is 2.53. The number of aromatic nitrogens is 3. The van der Waals surface area contributed by atoms with Gasteiger partial charge in [0.15, 0.2) is 11.0 Å². The second-order valence-corrected chi connectivity index (χ2v) is 10.9. The molecule has 0 saturated heterocycles. The lowest BCUT2D eigenvalue weighted by molar-refractivity contribution is -0.113. The largest absolute Gasteiger partial charge is 0.492 e. The Morgan fingerprint density at radius 3 is 2.85 bits per heavy atom. The highest BCUT2D eigenvalue weighted by atomic mass is 32.2. The van der Waals surface area contributed by atoms with E-state index >= 15 is 0 Å². The molecule has 0 aliphatic heterocycles. The van der Waals surface area contributed by atoms with Crippen LogP contribution < -0.4 is 10.1 Å². The van der Waals surface area contributed by atoms with Gasteiger partial charge in [0, 0.05) is 6.04 Å². The van der Waals surface area contributed by atoms with Crippen molar-refractivity contribution < 1.29 is 9.53 Å². The fourth-order valence-electron chi connectivity index (χ4n) is 5.56. The minimum atomic E-state index is -0.0769. The number of rotatable bonds is 9. The number of nitrogens with zero attached hydrogens (tertiary/aromatic N) is 3. The normalized spacial score (nSPS) is 22.4. The van der Waals surface area contributed by atoms with Crippen LogP contribution in [0.3, 0.4) is 0 Å². The van der Waals surface area contributed by atoms with Crippen molar-refractivity contribution in [3.8, 4) is 16.5 Å². The predicted molar refractivity (Wildman–Crippen MR) is 134 cm³/mol. The first-order valence-corrected chi connectivity index (χ1v) is 13.6. The van der Waals surface area contributed by atoms with Gasteiger partial charge in [-0.2, -0.15) is 0 Å². The quantitative estimate of drug-likeness (QED) is 0.371. The number of para-hydroxylation sites is 2. The average Bonchev–Trinajstić information content (AvgIpc) is 3.63. The standard InChI is InChI=1S/C25H30N4O2S2/c1-3-31-21-8-5-4-7-20(21)26-23(30)15-33-25-28-27-24(22-9-6-12-32-22)29(25)16(2)19-14-17-10-11-18(19)13-17/h4-9,12,16-19H,3,10-11,13-15H2,1-2H3,(H,26,30). The third-order valence-corrected chi connectivity index (χ3v) is 8.83. The number of nitrogens with one attached hydrogen (secondary N) is 1. The van der Waals surface area contributed by atoms with Crippen LogP contribution in [0.2, 0.25) is 0 Å². The molecule has 1 aromatic carbocycles. The average molecular weight is 483 g/mol. The molecule has 174 valence electrons. The van der Waals surface area contributed by atoms with E-state index < -0.39 is 0 Å². The van der Waals surface area contributed by atoms with Crippen LogP contribution in [-0.2, 0) is 4.79 Å². The minimum absolute atomic E-state index is 0.0769. The van der Waals surface area contributed by atoms with Crippen molar-refractivity contribution in [1.82, 2.24) is 14.8 Å². The number of amides is 1. The Kier molecular flexibility index (Phi) is 6.74. The summed E-state index contributed by atoms with van der Waals surface area (Å²) in [7, 11) is 0. The van der Waals surface area contributed by atoms with Gasteiger partial charge in [0.25, 0.3) is 0 Å². The molecule has 2 heterocycles. The van der Waals surface area contributed by atoms with Crippen molar-refractivity contribution in [3.05, 3.63) is 41.8 Å². The number of fused-ring (bicyclic) bond motifs is 2. The third kappa shape index (κ3) is 4.68. The molecular formula is C25H30N4O2S2. The van der Waals surface area contributed by atoms with E-state index in [-0.39, 0.29) is 11.7 Å². The van der Waals surface area contributed by atoms with Gasteiger partial charge in [-0.05, 0) is 74.4 Å². The molecule has 2 fully saturated rings. The number of carbonyl (C=O) groups is 1. The van der Waals surface area contributed by atoms with Crippen LogP contribution in [0.25, 0.3) is 10.7 Å². The van der Waals surface area contributed by atoms with Crippen molar-refractivity contribution >= 4 is 34.7 Å². The fraction of sp³-hybridized carbons (Fsp3) is 0.480. The zero-order chi connectivity index (χ0) is 22.8. The van der Waals surface area contributed by atoms with Crippen molar-refractivity contribution in [2.75, 3.05) is 17.7 Å². The molecule has 5 rings (SSSR count). The van der Waals surface area contributed by atoms with Crippen molar-refractivity contribution in [2.24, 2.45) is 17.8 Å². The number of hydrogen-bond acceptors (Lipinski definition) is 6. The van der Waals surface area contributed by atoms with Crippen LogP contribution in [0.15, 0.2) is 46.9 Å². The van der Waals surface area contributed by atoms with Crippen molar-refractivity contribution in [2.45, 2.75) is 50.7 Å². The number of carbonyl (C=O) groups excluding carboxylic acids is 1. The minimum Gasteiger partial charge on any atom is -0.492 e. The first-order valence-electron chi connectivity index (χ1n) is 11.8. The molecular weight excluding hydrogens is 452 g/mol. The summed E-state index contributed by atoms with van der Waals surface area (Å²) in [6, 6.07) is 12.0. The number of thiophene rings is 1. The highest BCUT2D eigenvalue weighted by Gasteiger charge is 2.43. The van der Waals surface area contributed by atoms with Gasteiger partial charge >= 0.3 is 0 Å². The smallest absolute Gasteiger partial charge is 0.234 e. The zero-order valence-corrected chi connectivity index (χ0v) is 20.7. The summed E-state index contributed by atoms with van der Waals surface area (Å²) in [5.74, 6) is 4.15. The summed E-state index contributed by atoms with van der Waals surface area (Å²) >= 11 is 3.15. The maximum absolute atomic E-state index is 12.8. The summed E-state index contributed by atoms with van der Waals surface area (Å²) in [5, 5.41) is 15.0. The van der Waals surface area contributed by atoms with Crippen LogP contribution in [0.4, 0.5) is 5.69 Å². The Balaban J connectivity index is 1.33. The van der Waals surface area contributed by atoms with Gasteiger partial charge in [-0.1, -0.05) is 36.4 Å². The molecule has 0 radical (unpaired) electrons. The monoisotopic (exact) mass is 482 g/mol. The van der Waals surface area contributed by atoms with Crippen molar-refractivity contribution in [1.29, 1.82) is 0 Å². The molecule has 33 heavy (non-hydrogen) atoms. The molecule has 6 nitrogen and oxygen atoms in total. The lowest BCUT2D eigenvalue weighted by Crippen LogP contribution is -2.23. The first kappa shape index (κ1) is 22.5. The molecule has 4 atom stereocenters. The molecule has 2 aromatic heterocycles. The number of hydrogen-bond donors (Lipinski definition) is 1. The van der Waals surface area contributed by atoms with E-state index in [9.17, 15) is 4.79 Å². The Morgan fingerprint density at radius 1 is 1.24 bits per heavy atom. The van der Waals surface area contributed by atoms with E-state index in [1.54, 1.807) is 11.3 Å². The summed E-state index contributed by atoms with van der Waals surface area (Å²) in [6.07, 6.45) is 5.40. The molecule has 4 unspecified atom stereocenters. The molecule has 3 aromatic rings. The lowest BCUT2D eigenvalue weighted by atomic mass is 9.84. The van der Waals surface area contributed by atoms with Gasteiger partial charge in [0.2, 0.25) is 5.91 Å². The summed E-state index contributed by atoms with van der Waals surface area (Å²) in [6.45, 7) is 4.80. The second kappa shape index (κ2) is 9.89. The zero-order valence-electron chi connectivity index (χ0n) is 19.1. The Bertz CT molecular complexity index is 1100. The van der Waals surface area contributed by atoms with Crippen LogP contribution in [-0.4, -0.2) is 33.0 Å². The molecule has 1 amide bonds. The van der Waals surface area contributed by atoms with Gasteiger partial charge in [0.05, 0.1) is 22.9 Å². The predicted octanol–water partition coefficient (Wildman–Crippen LogP) is 6.13. The maximum Gasteiger partial charge on any atom is 0.234 e. The molecule has 2 bridgehead atoms. The van der Waals surface area contributed by atoms with Gasteiger partial charge < -0.3 is 10.1 Å². The van der Waals surface area contributed by atoms with Gasteiger partial charge in [0.1, 0.15) is 5.75 Å². The number of thioether (sulfide) groups is 1. The van der Waals surface area contributed by atoms with Crippen LogP contribution in [0, 0.1) is 17.8 Å². The molecule has 8 heteroatoms. The first-order chi connectivity index (χ1) is 16.1. The molecule has 2 aliphatic carbocycles. The molecule has 2 aliphatic rings. The molecule has 0 spiro atoms. The van der Waals surface area contributed by atoms with Gasteiger partial charge in [-0.15, -0.1) is 21.5 Å².